The lowest BCUT2D eigenvalue weighted by atomic mass is 10.2. The van der Waals surface area contributed by atoms with E-state index in [0.29, 0.717) is 32.8 Å². The third-order valence-electron chi connectivity index (χ3n) is 2.51. The van der Waals surface area contributed by atoms with Gasteiger partial charge >= 0.3 is 11.7 Å². The number of ether oxygens (including phenoxy) is 2. The summed E-state index contributed by atoms with van der Waals surface area (Å²) in [4.78, 5) is 24.7. The molecule has 1 aromatic rings. The molecule has 0 fully saturated rings. The Morgan fingerprint density at radius 3 is 2.86 bits per heavy atom. The van der Waals surface area contributed by atoms with Gasteiger partial charge in [-0.2, -0.15) is 0 Å². The van der Waals surface area contributed by atoms with Crippen LogP contribution in [0.5, 0.6) is 0 Å². The fraction of sp³-hybridized carbons (Fsp3) is 0.500. The lowest BCUT2D eigenvalue weighted by Crippen LogP contribution is -2.10. The Kier molecular flexibility index (Phi) is 7.05. The van der Waals surface area contributed by atoms with E-state index in [1.54, 1.807) is 7.11 Å². The topological polar surface area (TPSA) is 124 Å². The Labute approximate surface area is 121 Å². The third-order valence-corrected chi connectivity index (χ3v) is 2.51. The molecule has 0 bridgehead atoms. The molecule has 0 aromatic carbocycles. The van der Waals surface area contributed by atoms with Crippen molar-refractivity contribution in [2.75, 3.05) is 38.8 Å². The standard InChI is InChI=1S/C12H17N3O6/c1-20-5-6-21-4-2-3-13-11-7-9(12(16)17)10(8-14-11)15(18)19/h7-8H,2-6H2,1H3,(H,13,14)(H,16,17). The van der Waals surface area contributed by atoms with Crippen molar-refractivity contribution in [3.63, 3.8) is 0 Å². The van der Waals surface area contributed by atoms with Crippen LogP contribution in [0, 0.1) is 10.1 Å². The Hall–Kier alpha value is -2.26. The van der Waals surface area contributed by atoms with Crippen molar-refractivity contribution in [1.82, 2.24) is 4.98 Å². The van der Waals surface area contributed by atoms with E-state index in [9.17, 15) is 14.9 Å². The van der Waals surface area contributed by atoms with Crippen LogP contribution in [0.2, 0.25) is 0 Å². The predicted octanol–water partition coefficient (Wildman–Crippen LogP) is 1.15. The summed E-state index contributed by atoms with van der Waals surface area (Å²) in [6.07, 6.45) is 1.62. The molecule has 0 atom stereocenters. The second-order valence-electron chi connectivity index (χ2n) is 4.03. The third kappa shape index (κ3) is 5.71. The number of nitrogens with zero attached hydrogens (tertiary/aromatic N) is 2. The SMILES string of the molecule is COCCOCCCNc1cc(C(=O)O)c([N+](=O)[O-])cn1. The van der Waals surface area contributed by atoms with Gasteiger partial charge in [0.25, 0.3) is 0 Å². The van der Waals surface area contributed by atoms with Gasteiger partial charge in [-0.1, -0.05) is 0 Å². The first kappa shape index (κ1) is 16.8. The number of nitro groups is 1. The number of carboxylic acids is 1. The highest BCUT2D eigenvalue weighted by Crippen LogP contribution is 2.20. The Morgan fingerprint density at radius 1 is 1.48 bits per heavy atom. The van der Waals surface area contributed by atoms with Crippen LogP contribution in [0.1, 0.15) is 16.8 Å². The van der Waals surface area contributed by atoms with Gasteiger partial charge in [-0.15, -0.1) is 0 Å². The number of aromatic nitrogens is 1. The number of hydrogen-bond acceptors (Lipinski definition) is 7. The lowest BCUT2D eigenvalue weighted by Gasteiger charge is -2.07. The first-order valence-corrected chi connectivity index (χ1v) is 6.24. The smallest absolute Gasteiger partial charge is 0.342 e. The normalized spacial score (nSPS) is 10.3. The molecule has 0 radical (unpaired) electrons. The molecule has 2 N–H and O–H groups in total. The average molecular weight is 299 g/mol. The monoisotopic (exact) mass is 299 g/mol. The Bertz CT molecular complexity index is 494. The fourth-order valence-corrected chi connectivity index (χ4v) is 1.50. The van der Waals surface area contributed by atoms with E-state index < -0.39 is 22.1 Å². The number of pyridine rings is 1. The van der Waals surface area contributed by atoms with Gasteiger partial charge in [0.05, 0.1) is 18.1 Å². The minimum Gasteiger partial charge on any atom is -0.477 e. The van der Waals surface area contributed by atoms with Crippen molar-refractivity contribution < 1.29 is 24.3 Å². The van der Waals surface area contributed by atoms with E-state index in [-0.39, 0.29) is 5.82 Å². The van der Waals surface area contributed by atoms with Crippen LogP contribution < -0.4 is 5.32 Å². The molecule has 21 heavy (non-hydrogen) atoms. The number of hydrogen-bond donors (Lipinski definition) is 2. The van der Waals surface area contributed by atoms with Crippen molar-refractivity contribution in [3.05, 3.63) is 27.9 Å². The molecule has 9 nitrogen and oxygen atoms in total. The van der Waals surface area contributed by atoms with Crippen molar-refractivity contribution in [2.24, 2.45) is 0 Å². The van der Waals surface area contributed by atoms with Crippen LogP contribution >= 0.6 is 0 Å². The molecule has 116 valence electrons. The van der Waals surface area contributed by atoms with E-state index >= 15 is 0 Å². The molecular formula is C12H17N3O6. The molecule has 1 rings (SSSR count). The van der Waals surface area contributed by atoms with E-state index in [4.69, 9.17) is 14.6 Å². The molecule has 9 heteroatoms. The highest BCUT2D eigenvalue weighted by atomic mass is 16.6. The summed E-state index contributed by atoms with van der Waals surface area (Å²) in [6, 6.07) is 1.15. The van der Waals surface area contributed by atoms with Gasteiger partial charge in [-0.05, 0) is 6.42 Å². The summed E-state index contributed by atoms with van der Waals surface area (Å²) < 4.78 is 10.1. The van der Waals surface area contributed by atoms with Crippen molar-refractivity contribution in [2.45, 2.75) is 6.42 Å². The summed E-state index contributed by atoms with van der Waals surface area (Å²) in [7, 11) is 1.59. The van der Waals surface area contributed by atoms with Gasteiger partial charge < -0.3 is 19.9 Å². The summed E-state index contributed by atoms with van der Waals surface area (Å²) in [5, 5.41) is 22.5. The summed E-state index contributed by atoms with van der Waals surface area (Å²) >= 11 is 0. The zero-order valence-electron chi connectivity index (χ0n) is 11.6. The molecule has 0 amide bonds. The second-order valence-corrected chi connectivity index (χ2v) is 4.03. The predicted molar refractivity (Wildman–Crippen MR) is 73.7 cm³/mol. The molecule has 1 aromatic heterocycles. The highest BCUT2D eigenvalue weighted by Gasteiger charge is 2.20. The maximum atomic E-state index is 11.0. The van der Waals surface area contributed by atoms with Crippen LogP contribution in [0.3, 0.4) is 0 Å². The van der Waals surface area contributed by atoms with E-state index in [1.807, 2.05) is 0 Å². The number of rotatable bonds is 10. The number of anilines is 1. The van der Waals surface area contributed by atoms with Gasteiger partial charge in [0.2, 0.25) is 0 Å². The van der Waals surface area contributed by atoms with Crippen LogP contribution in [0.25, 0.3) is 0 Å². The van der Waals surface area contributed by atoms with Crippen molar-refractivity contribution >= 4 is 17.5 Å². The quantitative estimate of drug-likeness (QED) is 0.374. The van der Waals surface area contributed by atoms with E-state index in [0.717, 1.165) is 12.3 Å². The molecule has 0 spiro atoms. The first-order chi connectivity index (χ1) is 10.1. The van der Waals surface area contributed by atoms with Gasteiger partial charge in [-0.25, -0.2) is 9.78 Å². The van der Waals surface area contributed by atoms with Gasteiger partial charge in [0.1, 0.15) is 17.6 Å². The molecular weight excluding hydrogens is 282 g/mol. The van der Waals surface area contributed by atoms with Crippen molar-refractivity contribution in [1.29, 1.82) is 0 Å². The minimum absolute atomic E-state index is 0.273. The molecule has 0 aliphatic rings. The highest BCUT2D eigenvalue weighted by molar-refractivity contribution is 5.93. The number of methoxy groups -OCH3 is 1. The second kappa shape index (κ2) is 8.82. The largest absolute Gasteiger partial charge is 0.477 e. The Balaban J connectivity index is 2.47. The molecule has 0 aliphatic heterocycles. The number of carboxylic acid groups (broad SMARTS) is 1. The summed E-state index contributed by atoms with van der Waals surface area (Å²) in [6.45, 7) is 2.07. The van der Waals surface area contributed by atoms with E-state index in [1.165, 1.54) is 0 Å². The maximum absolute atomic E-state index is 11.0. The van der Waals surface area contributed by atoms with E-state index in [2.05, 4.69) is 10.3 Å². The van der Waals surface area contributed by atoms with Crippen LogP contribution in [-0.4, -0.2) is 54.5 Å². The molecule has 0 unspecified atom stereocenters. The van der Waals surface area contributed by atoms with Gasteiger partial charge in [0, 0.05) is 26.3 Å². The van der Waals surface area contributed by atoms with Crippen LogP contribution in [0.4, 0.5) is 11.5 Å². The van der Waals surface area contributed by atoms with Crippen LogP contribution in [-0.2, 0) is 9.47 Å². The summed E-state index contributed by atoms with van der Waals surface area (Å²) in [5.41, 5.74) is -0.926. The number of aromatic carboxylic acids is 1. The van der Waals surface area contributed by atoms with Gasteiger partial charge in [-0.3, -0.25) is 10.1 Å². The molecule has 0 aliphatic carbocycles. The van der Waals surface area contributed by atoms with Gasteiger partial charge in [0.15, 0.2) is 0 Å². The molecule has 0 saturated carbocycles. The zero-order valence-corrected chi connectivity index (χ0v) is 11.6. The zero-order chi connectivity index (χ0) is 15.7. The van der Waals surface area contributed by atoms with Crippen LogP contribution in [0.15, 0.2) is 12.3 Å². The maximum Gasteiger partial charge on any atom is 0.342 e. The minimum atomic E-state index is -1.37. The van der Waals surface area contributed by atoms with Crippen molar-refractivity contribution in [3.8, 4) is 0 Å². The number of carbonyl (C=O) groups is 1. The molecule has 0 saturated heterocycles. The first-order valence-electron chi connectivity index (χ1n) is 6.24. The molecule has 1 heterocycles. The number of nitrogens with one attached hydrogen (secondary N) is 1. The summed E-state index contributed by atoms with van der Waals surface area (Å²) in [5.74, 6) is -1.09. The average Bonchev–Trinajstić information content (AvgIpc) is 2.46. The lowest BCUT2D eigenvalue weighted by molar-refractivity contribution is -0.385. The Morgan fingerprint density at radius 2 is 2.24 bits per heavy atom. The fourth-order valence-electron chi connectivity index (χ4n) is 1.50.